The Morgan fingerprint density at radius 1 is 0.976 bits per heavy atom. The van der Waals surface area contributed by atoms with E-state index in [0.29, 0.717) is 56.2 Å². The number of esters is 1. The highest BCUT2D eigenvalue weighted by Crippen LogP contribution is 2.49. The zero-order chi connectivity index (χ0) is 28.9. The maximum Gasteiger partial charge on any atom is 0.339 e. The number of aliphatic hydroxyl groups is 1. The van der Waals surface area contributed by atoms with Crippen molar-refractivity contribution >= 4 is 16.7 Å². The van der Waals surface area contributed by atoms with Crippen LogP contribution in [0.25, 0.3) is 21.9 Å². The van der Waals surface area contributed by atoms with Gasteiger partial charge in [0.1, 0.15) is 25.1 Å². The third kappa shape index (κ3) is 4.88. The van der Waals surface area contributed by atoms with Crippen LogP contribution in [0.2, 0.25) is 0 Å². The van der Waals surface area contributed by atoms with Crippen molar-refractivity contribution in [3.05, 3.63) is 41.5 Å². The fourth-order valence-electron chi connectivity index (χ4n) is 5.45. The summed E-state index contributed by atoms with van der Waals surface area (Å²) in [6.45, 7) is 5.20. The molecule has 0 radical (unpaired) electrons. The topological polar surface area (TPSA) is 120 Å². The number of hydrogen-bond acceptors (Lipinski definition) is 11. The van der Waals surface area contributed by atoms with Gasteiger partial charge < -0.3 is 47.7 Å². The molecule has 0 saturated carbocycles. The number of methoxy groups -OCH3 is 2. The van der Waals surface area contributed by atoms with E-state index in [2.05, 4.69) is 0 Å². The number of cyclic esters (lactones) is 1. The molecule has 3 aliphatic heterocycles. The molecule has 0 amide bonds. The molecule has 41 heavy (non-hydrogen) atoms. The summed E-state index contributed by atoms with van der Waals surface area (Å²) in [5.41, 5.74) is 2.28. The molecule has 3 aromatic rings. The van der Waals surface area contributed by atoms with Crippen LogP contribution in [-0.4, -0.2) is 69.6 Å². The molecule has 11 heteroatoms. The normalized spacial score (nSPS) is 23.0. The number of carbonyl (C=O) groups excluding carboxylic acids is 1. The fourth-order valence-corrected chi connectivity index (χ4v) is 5.45. The first-order chi connectivity index (χ1) is 19.7. The van der Waals surface area contributed by atoms with Gasteiger partial charge in [-0.25, -0.2) is 4.79 Å². The van der Waals surface area contributed by atoms with Crippen LogP contribution in [0, 0.1) is 0 Å². The van der Waals surface area contributed by atoms with Crippen LogP contribution in [-0.2, 0) is 25.6 Å². The quantitative estimate of drug-likeness (QED) is 0.431. The van der Waals surface area contributed by atoms with Crippen molar-refractivity contribution in [1.82, 2.24) is 0 Å². The van der Waals surface area contributed by atoms with Gasteiger partial charge in [0.2, 0.25) is 13.1 Å². The summed E-state index contributed by atoms with van der Waals surface area (Å²) in [5, 5.41) is 11.3. The second-order valence-corrected chi connectivity index (χ2v) is 10.4. The number of rotatable bonds is 6. The van der Waals surface area contributed by atoms with Crippen LogP contribution in [0.4, 0.5) is 0 Å². The van der Waals surface area contributed by atoms with Crippen molar-refractivity contribution in [1.29, 1.82) is 0 Å². The molecule has 1 saturated heterocycles. The maximum absolute atomic E-state index is 13.3. The Morgan fingerprint density at radius 2 is 1.71 bits per heavy atom. The van der Waals surface area contributed by atoms with Gasteiger partial charge in [-0.2, -0.15) is 0 Å². The van der Waals surface area contributed by atoms with Crippen molar-refractivity contribution in [3.8, 4) is 39.9 Å². The average Bonchev–Trinajstić information content (AvgIpc) is 3.58. The molecule has 3 unspecified atom stereocenters. The summed E-state index contributed by atoms with van der Waals surface area (Å²) in [7, 11) is 3.09. The molecule has 6 rings (SSSR count). The van der Waals surface area contributed by atoms with Crippen molar-refractivity contribution in [2.75, 3.05) is 34.2 Å². The summed E-state index contributed by atoms with van der Waals surface area (Å²) in [6, 6.07) is 9.11. The number of benzene rings is 3. The van der Waals surface area contributed by atoms with E-state index in [0.717, 1.165) is 5.56 Å². The molecule has 0 spiro atoms. The van der Waals surface area contributed by atoms with E-state index in [1.165, 1.54) is 0 Å². The number of carbonyl (C=O) groups is 1. The van der Waals surface area contributed by atoms with Crippen LogP contribution >= 0.6 is 0 Å². The molecule has 3 aromatic carbocycles. The highest BCUT2D eigenvalue weighted by molar-refractivity contribution is 6.14. The van der Waals surface area contributed by atoms with E-state index in [1.807, 2.05) is 12.1 Å². The van der Waals surface area contributed by atoms with Gasteiger partial charge in [0.05, 0.1) is 32.5 Å². The Hall–Kier alpha value is -3.77. The molecular weight excluding hydrogens is 536 g/mol. The zero-order valence-corrected chi connectivity index (χ0v) is 23.5. The lowest BCUT2D eigenvalue weighted by atomic mass is 9.89. The SMILES string of the molecule is COc1cc2c(OC3COC(C)(C)OC(C)C(CO)O3)c3c(c(-c4ccc5c(c4)OCO5)c2cc1OC)C(=O)OC3. The molecule has 3 heterocycles. The zero-order valence-electron chi connectivity index (χ0n) is 23.5. The summed E-state index contributed by atoms with van der Waals surface area (Å²) in [5.74, 6) is 1.09. The third-order valence-electron chi connectivity index (χ3n) is 7.39. The smallest absolute Gasteiger partial charge is 0.339 e. The molecule has 0 aliphatic carbocycles. The van der Waals surface area contributed by atoms with Crippen LogP contribution < -0.4 is 23.7 Å². The molecule has 0 bridgehead atoms. The monoisotopic (exact) mass is 568 g/mol. The van der Waals surface area contributed by atoms with Crippen LogP contribution in [0.1, 0.15) is 36.7 Å². The second kappa shape index (κ2) is 10.6. The van der Waals surface area contributed by atoms with Gasteiger partial charge >= 0.3 is 5.97 Å². The highest BCUT2D eigenvalue weighted by atomic mass is 16.8. The Bertz CT molecular complexity index is 1500. The van der Waals surface area contributed by atoms with Crippen LogP contribution in [0.5, 0.6) is 28.7 Å². The van der Waals surface area contributed by atoms with Gasteiger partial charge in [-0.3, -0.25) is 0 Å². The minimum Gasteiger partial charge on any atom is -0.493 e. The number of fused-ring (bicyclic) bond motifs is 3. The first-order valence-electron chi connectivity index (χ1n) is 13.3. The molecule has 218 valence electrons. The molecule has 3 aliphatic rings. The predicted octanol–water partition coefficient (Wildman–Crippen LogP) is 4.18. The first kappa shape index (κ1) is 27.4. The second-order valence-electron chi connectivity index (χ2n) is 10.4. The Kier molecular flexibility index (Phi) is 7.06. The maximum atomic E-state index is 13.3. The summed E-state index contributed by atoms with van der Waals surface area (Å²) < 4.78 is 52.5. The van der Waals surface area contributed by atoms with Gasteiger partial charge in [0.25, 0.3) is 0 Å². The standard InChI is InChI=1S/C30H32O11/c1-15-24(11-31)39-25(13-38-30(2,3)41-15)40-28-18-10-22(34-5)21(33-4)9-17(18)26(27-19(28)12-35-29(27)32)16-6-7-20-23(8-16)37-14-36-20/h6-10,15,24-25,31H,11-14H2,1-5H3. The Morgan fingerprint density at radius 3 is 2.44 bits per heavy atom. The van der Waals surface area contributed by atoms with Gasteiger partial charge in [-0.1, -0.05) is 6.07 Å². The molecule has 11 nitrogen and oxygen atoms in total. The molecule has 1 fully saturated rings. The van der Waals surface area contributed by atoms with Gasteiger partial charge in [0.15, 0.2) is 28.8 Å². The van der Waals surface area contributed by atoms with E-state index in [1.54, 1.807) is 53.2 Å². The highest BCUT2D eigenvalue weighted by Gasteiger charge is 2.37. The van der Waals surface area contributed by atoms with E-state index in [9.17, 15) is 9.90 Å². The van der Waals surface area contributed by atoms with E-state index >= 15 is 0 Å². The van der Waals surface area contributed by atoms with Crippen LogP contribution in [0.15, 0.2) is 30.3 Å². The number of hydrogen-bond donors (Lipinski definition) is 1. The van der Waals surface area contributed by atoms with Crippen molar-refractivity contribution < 1.29 is 52.5 Å². The average molecular weight is 569 g/mol. The third-order valence-corrected chi connectivity index (χ3v) is 7.39. The van der Waals surface area contributed by atoms with Gasteiger partial charge in [-0.15, -0.1) is 0 Å². The molecule has 1 N–H and O–H groups in total. The molecule has 3 atom stereocenters. The van der Waals surface area contributed by atoms with E-state index in [-0.39, 0.29) is 26.6 Å². The Balaban J connectivity index is 1.55. The summed E-state index contributed by atoms with van der Waals surface area (Å²) >= 11 is 0. The van der Waals surface area contributed by atoms with Gasteiger partial charge in [0, 0.05) is 16.5 Å². The number of ether oxygens (including phenoxy) is 9. The molecular formula is C30H32O11. The van der Waals surface area contributed by atoms with E-state index < -0.39 is 30.3 Å². The predicted molar refractivity (Wildman–Crippen MR) is 145 cm³/mol. The van der Waals surface area contributed by atoms with Crippen molar-refractivity contribution in [2.45, 2.75) is 51.7 Å². The first-order valence-corrected chi connectivity index (χ1v) is 13.3. The van der Waals surface area contributed by atoms with Gasteiger partial charge in [-0.05, 0) is 56.0 Å². The lowest BCUT2D eigenvalue weighted by Crippen LogP contribution is -2.48. The minimum atomic E-state index is -0.943. The number of aliphatic hydroxyl groups excluding tert-OH is 1. The fraction of sp³-hybridized carbons (Fsp3) is 0.433. The van der Waals surface area contributed by atoms with Crippen molar-refractivity contribution in [2.24, 2.45) is 0 Å². The Labute approximate surface area is 236 Å². The lowest BCUT2D eigenvalue weighted by Gasteiger charge is -2.38. The van der Waals surface area contributed by atoms with Crippen LogP contribution in [0.3, 0.4) is 0 Å². The lowest BCUT2D eigenvalue weighted by molar-refractivity contribution is -0.313. The largest absolute Gasteiger partial charge is 0.493 e. The summed E-state index contributed by atoms with van der Waals surface area (Å²) in [4.78, 5) is 13.3. The summed E-state index contributed by atoms with van der Waals surface area (Å²) in [6.07, 6.45) is -2.10. The minimum absolute atomic E-state index is 0.00150. The van der Waals surface area contributed by atoms with E-state index in [4.69, 9.17) is 42.6 Å². The van der Waals surface area contributed by atoms with Crippen molar-refractivity contribution in [3.63, 3.8) is 0 Å². The molecule has 0 aromatic heterocycles.